The van der Waals surface area contributed by atoms with E-state index in [1.807, 2.05) is 6.92 Å². The molecule has 0 aliphatic carbocycles. The first-order chi connectivity index (χ1) is 9.44. The Labute approximate surface area is 116 Å². The molecule has 7 heteroatoms. The van der Waals surface area contributed by atoms with Crippen LogP contribution < -0.4 is 16.4 Å². The molecule has 0 atom stereocenters. The largest absolute Gasteiger partial charge is 0.399 e. The van der Waals surface area contributed by atoms with Crippen molar-refractivity contribution in [1.29, 1.82) is 0 Å². The average molecular weight is 276 g/mol. The van der Waals surface area contributed by atoms with Crippen LogP contribution in [0.2, 0.25) is 0 Å². The Hall–Kier alpha value is -2.41. The van der Waals surface area contributed by atoms with E-state index in [1.165, 1.54) is 4.90 Å². The number of piperazine rings is 1. The fraction of sp³-hybridized carbons (Fsp3) is 0.308. The molecule has 2 rings (SSSR count). The summed E-state index contributed by atoms with van der Waals surface area (Å²) in [6, 6.07) is 5.17. The maximum Gasteiger partial charge on any atom is 0.240 e. The van der Waals surface area contributed by atoms with E-state index < -0.39 is 11.8 Å². The molecule has 1 aliphatic heterocycles. The van der Waals surface area contributed by atoms with Crippen LogP contribution >= 0.6 is 0 Å². The third-order valence-electron chi connectivity index (χ3n) is 2.91. The lowest BCUT2D eigenvalue weighted by molar-refractivity contribution is -0.136. The molecule has 1 saturated heterocycles. The number of amides is 3. The van der Waals surface area contributed by atoms with Gasteiger partial charge in [0, 0.05) is 11.4 Å². The smallest absolute Gasteiger partial charge is 0.240 e. The second-order valence-corrected chi connectivity index (χ2v) is 4.74. The Morgan fingerprint density at radius 1 is 1.35 bits per heavy atom. The summed E-state index contributed by atoms with van der Waals surface area (Å²) < 4.78 is 0. The van der Waals surface area contributed by atoms with Gasteiger partial charge >= 0.3 is 0 Å². The van der Waals surface area contributed by atoms with Crippen LogP contribution in [0, 0.1) is 6.92 Å². The van der Waals surface area contributed by atoms with Crippen molar-refractivity contribution >= 4 is 29.1 Å². The summed E-state index contributed by atoms with van der Waals surface area (Å²) in [5, 5.41) is 4.92. The zero-order valence-electron chi connectivity index (χ0n) is 11.1. The highest BCUT2D eigenvalue weighted by atomic mass is 16.2. The molecule has 1 heterocycles. The third-order valence-corrected chi connectivity index (χ3v) is 2.91. The number of nitrogen functional groups attached to an aromatic ring is 1. The molecule has 106 valence electrons. The lowest BCUT2D eigenvalue weighted by atomic mass is 10.2. The first-order valence-corrected chi connectivity index (χ1v) is 6.15. The van der Waals surface area contributed by atoms with E-state index in [0.29, 0.717) is 11.4 Å². The van der Waals surface area contributed by atoms with Gasteiger partial charge in [0.15, 0.2) is 0 Å². The van der Waals surface area contributed by atoms with Crippen LogP contribution in [0.4, 0.5) is 11.4 Å². The van der Waals surface area contributed by atoms with Crippen molar-refractivity contribution in [2.45, 2.75) is 6.92 Å². The highest BCUT2D eigenvalue weighted by Gasteiger charge is 2.24. The number of carbonyl (C=O) groups is 3. The summed E-state index contributed by atoms with van der Waals surface area (Å²) in [6.07, 6.45) is 0. The van der Waals surface area contributed by atoms with Crippen LogP contribution in [0.1, 0.15) is 5.56 Å². The van der Waals surface area contributed by atoms with Gasteiger partial charge in [0.05, 0.1) is 19.6 Å². The van der Waals surface area contributed by atoms with Crippen LogP contribution in [0.5, 0.6) is 0 Å². The van der Waals surface area contributed by atoms with Crippen molar-refractivity contribution in [3.8, 4) is 0 Å². The molecule has 0 radical (unpaired) electrons. The predicted octanol–water partition coefficient (Wildman–Crippen LogP) is -0.526. The van der Waals surface area contributed by atoms with Gasteiger partial charge in [-0.25, -0.2) is 0 Å². The molecular weight excluding hydrogens is 260 g/mol. The molecule has 20 heavy (non-hydrogen) atoms. The number of aryl methyl sites for hydroxylation is 1. The minimum absolute atomic E-state index is 0.0109. The fourth-order valence-electron chi connectivity index (χ4n) is 2.03. The van der Waals surface area contributed by atoms with E-state index in [1.54, 1.807) is 18.2 Å². The molecule has 1 aromatic rings. The van der Waals surface area contributed by atoms with Crippen LogP contribution in [-0.2, 0) is 14.4 Å². The average Bonchev–Trinajstić information content (AvgIpc) is 2.31. The predicted molar refractivity (Wildman–Crippen MR) is 73.8 cm³/mol. The minimum Gasteiger partial charge on any atom is -0.399 e. The second-order valence-electron chi connectivity index (χ2n) is 4.74. The van der Waals surface area contributed by atoms with Crippen molar-refractivity contribution in [2.24, 2.45) is 0 Å². The maximum absolute atomic E-state index is 11.9. The molecule has 0 aromatic heterocycles. The van der Waals surface area contributed by atoms with Gasteiger partial charge in [-0.05, 0) is 30.7 Å². The molecule has 3 amide bonds. The first kappa shape index (κ1) is 14.0. The highest BCUT2D eigenvalue weighted by Crippen LogP contribution is 2.17. The normalized spacial score (nSPS) is 15.8. The molecular formula is C13H16N4O3. The van der Waals surface area contributed by atoms with Gasteiger partial charge in [0.25, 0.3) is 0 Å². The summed E-state index contributed by atoms with van der Waals surface area (Å²) in [4.78, 5) is 35.8. The van der Waals surface area contributed by atoms with Gasteiger partial charge in [-0.3, -0.25) is 24.6 Å². The molecule has 0 saturated carbocycles. The zero-order chi connectivity index (χ0) is 14.7. The van der Waals surface area contributed by atoms with E-state index in [9.17, 15) is 14.4 Å². The molecule has 4 N–H and O–H groups in total. The van der Waals surface area contributed by atoms with E-state index >= 15 is 0 Å². The summed E-state index contributed by atoms with van der Waals surface area (Å²) in [5.74, 6) is -1.06. The minimum atomic E-state index is -0.391. The summed E-state index contributed by atoms with van der Waals surface area (Å²) >= 11 is 0. The third kappa shape index (κ3) is 3.55. The summed E-state index contributed by atoms with van der Waals surface area (Å²) in [5.41, 5.74) is 7.78. The Kier molecular flexibility index (Phi) is 3.99. The van der Waals surface area contributed by atoms with Crippen LogP contribution in [0.15, 0.2) is 18.2 Å². The number of benzene rings is 1. The summed E-state index contributed by atoms with van der Waals surface area (Å²) in [7, 11) is 0. The van der Waals surface area contributed by atoms with E-state index in [-0.39, 0.29) is 25.5 Å². The molecule has 1 aromatic carbocycles. The number of carbonyl (C=O) groups excluding carboxylic acids is 3. The lowest BCUT2D eigenvalue weighted by Gasteiger charge is -2.24. The van der Waals surface area contributed by atoms with Crippen molar-refractivity contribution in [2.75, 3.05) is 30.7 Å². The van der Waals surface area contributed by atoms with Crippen molar-refractivity contribution < 1.29 is 14.4 Å². The monoisotopic (exact) mass is 276 g/mol. The quantitative estimate of drug-likeness (QED) is 0.509. The molecule has 0 bridgehead atoms. The molecule has 0 spiro atoms. The molecule has 7 nitrogen and oxygen atoms in total. The van der Waals surface area contributed by atoms with Crippen LogP contribution in [0.25, 0.3) is 0 Å². The first-order valence-electron chi connectivity index (χ1n) is 6.15. The van der Waals surface area contributed by atoms with Crippen molar-refractivity contribution in [1.82, 2.24) is 10.2 Å². The van der Waals surface area contributed by atoms with Gasteiger partial charge in [-0.1, -0.05) is 0 Å². The maximum atomic E-state index is 11.9. The second kappa shape index (κ2) is 5.70. The Morgan fingerprint density at radius 3 is 2.60 bits per heavy atom. The SMILES string of the molecule is Cc1cc(N)ccc1NC(=O)CN1CC(=O)NC(=O)C1. The number of hydrogen-bond acceptors (Lipinski definition) is 5. The van der Waals surface area contributed by atoms with Gasteiger partial charge in [0.2, 0.25) is 17.7 Å². The lowest BCUT2D eigenvalue weighted by Crippen LogP contribution is -2.53. The number of rotatable bonds is 3. The Bertz CT molecular complexity index is 555. The number of nitrogens with one attached hydrogen (secondary N) is 2. The van der Waals surface area contributed by atoms with E-state index in [2.05, 4.69) is 10.6 Å². The van der Waals surface area contributed by atoms with Crippen LogP contribution in [-0.4, -0.2) is 42.3 Å². The van der Waals surface area contributed by atoms with Gasteiger partial charge in [0.1, 0.15) is 0 Å². The number of anilines is 2. The molecule has 1 fully saturated rings. The number of hydrogen-bond donors (Lipinski definition) is 3. The van der Waals surface area contributed by atoms with Crippen molar-refractivity contribution in [3.05, 3.63) is 23.8 Å². The van der Waals surface area contributed by atoms with E-state index in [0.717, 1.165) is 5.56 Å². The fourth-order valence-corrected chi connectivity index (χ4v) is 2.03. The standard InChI is InChI=1S/C13H16N4O3/c1-8-4-9(14)2-3-10(8)15-11(18)5-17-6-12(19)16-13(20)7-17/h2-4H,5-7,14H2,1H3,(H,15,18)(H,16,19,20). The number of nitrogens with two attached hydrogens (primary N) is 1. The highest BCUT2D eigenvalue weighted by molar-refractivity contribution is 6.00. The topological polar surface area (TPSA) is 105 Å². The molecule has 0 unspecified atom stereocenters. The molecule has 1 aliphatic rings. The summed E-state index contributed by atoms with van der Waals surface area (Å²) in [6.45, 7) is 1.91. The Morgan fingerprint density at radius 2 is 2.00 bits per heavy atom. The zero-order valence-corrected chi connectivity index (χ0v) is 11.1. The van der Waals surface area contributed by atoms with E-state index in [4.69, 9.17) is 5.73 Å². The van der Waals surface area contributed by atoms with Crippen molar-refractivity contribution in [3.63, 3.8) is 0 Å². The number of nitrogens with zero attached hydrogens (tertiary/aromatic N) is 1. The van der Waals surface area contributed by atoms with Crippen LogP contribution in [0.3, 0.4) is 0 Å². The number of imide groups is 1. The van der Waals surface area contributed by atoms with Gasteiger partial charge in [-0.2, -0.15) is 0 Å². The Balaban J connectivity index is 1.95. The van der Waals surface area contributed by atoms with Gasteiger partial charge < -0.3 is 11.1 Å². The van der Waals surface area contributed by atoms with Gasteiger partial charge in [-0.15, -0.1) is 0 Å².